The number of nitrogens with two attached hydrogens (primary N) is 1. The zero-order valence-electron chi connectivity index (χ0n) is 10.9. The highest BCUT2D eigenvalue weighted by Gasteiger charge is 2.42. The molecule has 1 saturated carbocycles. The van der Waals surface area contributed by atoms with E-state index in [1.807, 2.05) is 0 Å². The second-order valence-corrected chi connectivity index (χ2v) is 7.49. The molecule has 20 heavy (non-hydrogen) atoms. The minimum atomic E-state index is -4.02. The molecule has 3 rings (SSSR count). The second kappa shape index (κ2) is 4.66. The van der Waals surface area contributed by atoms with E-state index in [1.54, 1.807) is 0 Å². The maximum absolute atomic E-state index is 13.8. The summed E-state index contributed by atoms with van der Waals surface area (Å²) in [4.78, 5) is -0.657. The SMILES string of the molecule is Nc1cc(F)c(F)c(S(=O)(=O)N2CC3CCCC3C2)c1. The summed E-state index contributed by atoms with van der Waals surface area (Å²) in [5.41, 5.74) is 5.33. The topological polar surface area (TPSA) is 63.4 Å². The van der Waals surface area contributed by atoms with Crippen LogP contribution in [-0.2, 0) is 10.0 Å². The summed E-state index contributed by atoms with van der Waals surface area (Å²) in [5.74, 6) is -1.89. The Morgan fingerprint density at radius 2 is 1.75 bits per heavy atom. The highest BCUT2D eigenvalue weighted by molar-refractivity contribution is 7.89. The van der Waals surface area contributed by atoms with Gasteiger partial charge in [-0.3, -0.25) is 0 Å². The number of hydrogen-bond donors (Lipinski definition) is 1. The molecule has 4 nitrogen and oxygen atoms in total. The Hall–Kier alpha value is -1.21. The van der Waals surface area contributed by atoms with Gasteiger partial charge in [0.1, 0.15) is 4.90 Å². The molecule has 0 spiro atoms. The van der Waals surface area contributed by atoms with E-state index >= 15 is 0 Å². The van der Waals surface area contributed by atoms with E-state index in [2.05, 4.69) is 0 Å². The van der Waals surface area contributed by atoms with Crippen LogP contribution in [0.5, 0.6) is 0 Å². The predicted molar refractivity (Wildman–Crippen MR) is 70.4 cm³/mol. The summed E-state index contributed by atoms with van der Waals surface area (Å²) in [5, 5.41) is 0. The first-order valence-corrected chi connectivity index (χ1v) is 8.08. The number of sulfonamides is 1. The van der Waals surface area contributed by atoms with Crippen molar-refractivity contribution in [3.05, 3.63) is 23.8 Å². The number of rotatable bonds is 2. The van der Waals surface area contributed by atoms with Gasteiger partial charge in [-0.15, -0.1) is 0 Å². The number of nitrogens with zero attached hydrogens (tertiary/aromatic N) is 1. The van der Waals surface area contributed by atoms with Crippen molar-refractivity contribution in [1.82, 2.24) is 4.31 Å². The Balaban J connectivity index is 1.97. The van der Waals surface area contributed by atoms with Gasteiger partial charge in [-0.05, 0) is 36.8 Å². The highest BCUT2D eigenvalue weighted by Crippen LogP contribution is 2.40. The molecular formula is C13H16F2N2O2S. The van der Waals surface area contributed by atoms with Gasteiger partial charge in [0.05, 0.1) is 0 Å². The zero-order valence-corrected chi connectivity index (χ0v) is 11.7. The van der Waals surface area contributed by atoms with Crippen LogP contribution in [0.2, 0.25) is 0 Å². The lowest BCUT2D eigenvalue weighted by atomic mass is 10.0. The lowest BCUT2D eigenvalue weighted by Gasteiger charge is -2.18. The minimum absolute atomic E-state index is 0.0955. The summed E-state index contributed by atoms with van der Waals surface area (Å²) < 4.78 is 53.3. The largest absolute Gasteiger partial charge is 0.399 e. The standard InChI is InChI=1S/C13H16F2N2O2S/c14-11-4-10(16)5-12(13(11)15)20(18,19)17-6-8-2-1-3-9(8)7-17/h4-5,8-9H,1-3,6-7,16H2. The third kappa shape index (κ3) is 2.09. The molecule has 110 valence electrons. The maximum Gasteiger partial charge on any atom is 0.246 e. The summed E-state index contributed by atoms with van der Waals surface area (Å²) >= 11 is 0. The quantitative estimate of drug-likeness (QED) is 0.850. The van der Waals surface area contributed by atoms with Crippen molar-refractivity contribution < 1.29 is 17.2 Å². The average Bonchev–Trinajstić information content (AvgIpc) is 2.94. The molecule has 0 bridgehead atoms. The van der Waals surface area contributed by atoms with Crippen LogP contribution in [0, 0.1) is 23.5 Å². The van der Waals surface area contributed by atoms with Crippen LogP contribution >= 0.6 is 0 Å². The smallest absolute Gasteiger partial charge is 0.246 e. The molecule has 7 heteroatoms. The minimum Gasteiger partial charge on any atom is -0.399 e. The molecule has 2 N–H and O–H groups in total. The van der Waals surface area contributed by atoms with Crippen molar-refractivity contribution in [1.29, 1.82) is 0 Å². The molecule has 2 fully saturated rings. The Bertz CT molecular complexity index is 636. The number of halogens is 2. The zero-order chi connectivity index (χ0) is 14.5. The van der Waals surface area contributed by atoms with Gasteiger partial charge in [-0.25, -0.2) is 17.2 Å². The Morgan fingerprint density at radius 3 is 2.35 bits per heavy atom. The van der Waals surface area contributed by atoms with Crippen molar-refractivity contribution in [2.75, 3.05) is 18.8 Å². The first kappa shape index (κ1) is 13.8. The number of anilines is 1. The van der Waals surface area contributed by atoms with Gasteiger partial charge in [-0.1, -0.05) is 6.42 Å². The number of benzene rings is 1. The normalized spacial score (nSPS) is 26.9. The number of nitrogen functional groups attached to an aromatic ring is 1. The molecule has 0 radical (unpaired) electrons. The highest BCUT2D eigenvalue weighted by atomic mass is 32.2. The first-order chi connectivity index (χ1) is 9.39. The summed E-state index contributed by atoms with van der Waals surface area (Å²) in [7, 11) is -4.02. The van der Waals surface area contributed by atoms with Crippen LogP contribution in [0.25, 0.3) is 0 Å². The molecule has 1 saturated heterocycles. The van der Waals surface area contributed by atoms with Gasteiger partial charge in [0, 0.05) is 18.8 Å². The van der Waals surface area contributed by atoms with Crippen LogP contribution in [0.4, 0.5) is 14.5 Å². The van der Waals surface area contributed by atoms with Crippen LogP contribution in [0.3, 0.4) is 0 Å². The van der Waals surface area contributed by atoms with Crippen molar-refractivity contribution >= 4 is 15.7 Å². The Morgan fingerprint density at radius 1 is 1.15 bits per heavy atom. The van der Waals surface area contributed by atoms with E-state index in [9.17, 15) is 17.2 Å². The Kier molecular flexibility index (Phi) is 3.21. The van der Waals surface area contributed by atoms with E-state index in [-0.39, 0.29) is 5.69 Å². The second-order valence-electron chi connectivity index (χ2n) is 5.59. The van der Waals surface area contributed by atoms with E-state index in [0.717, 1.165) is 31.4 Å². The van der Waals surface area contributed by atoms with Crippen LogP contribution in [-0.4, -0.2) is 25.8 Å². The van der Waals surface area contributed by atoms with Gasteiger partial charge in [0.25, 0.3) is 0 Å². The predicted octanol–water partition coefficient (Wildman–Crippen LogP) is 1.97. The lowest BCUT2D eigenvalue weighted by molar-refractivity contribution is 0.433. The first-order valence-electron chi connectivity index (χ1n) is 6.64. The molecule has 0 amide bonds. The summed E-state index contributed by atoms with van der Waals surface area (Å²) in [6.07, 6.45) is 3.12. The van der Waals surface area contributed by atoms with E-state index in [4.69, 9.17) is 5.73 Å². The molecule has 2 atom stereocenters. The monoisotopic (exact) mass is 302 g/mol. The van der Waals surface area contributed by atoms with Crippen molar-refractivity contribution in [3.63, 3.8) is 0 Å². The maximum atomic E-state index is 13.8. The van der Waals surface area contributed by atoms with Gasteiger partial charge in [-0.2, -0.15) is 4.31 Å². The fraction of sp³-hybridized carbons (Fsp3) is 0.538. The molecule has 1 aromatic rings. The van der Waals surface area contributed by atoms with Gasteiger partial charge >= 0.3 is 0 Å². The van der Waals surface area contributed by atoms with Gasteiger partial charge in [0.2, 0.25) is 10.0 Å². The number of hydrogen-bond acceptors (Lipinski definition) is 3. The van der Waals surface area contributed by atoms with E-state index in [0.29, 0.717) is 24.9 Å². The fourth-order valence-electron chi connectivity index (χ4n) is 3.30. The molecule has 1 heterocycles. The lowest BCUT2D eigenvalue weighted by Crippen LogP contribution is -2.30. The summed E-state index contributed by atoms with van der Waals surface area (Å²) in [6.45, 7) is 0.783. The van der Waals surface area contributed by atoms with Gasteiger partial charge in [0.15, 0.2) is 11.6 Å². The van der Waals surface area contributed by atoms with Crippen molar-refractivity contribution in [2.45, 2.75) is 24.2 Å². The van der Waals surface area contributed by atoms with Crippen molar-refractivity contribution in [3.8, 4) is 0 Å². The number of fused-ring (bicyclic) bond motifs is 1. The third-order valence-corrected chi connectivity index (χ3v) is 6.16. The van der Waals surface area contributed by atoms with Gasteiger partial charge < -0.3 is 5.73 Å². The summed E-state index contributed by atoms with van der Waals surface area (Å²) in [6, 6.07) is 1.77. The third-order valence-electron chi connectivity index (χ3n) is 4.33. The molecule has 1 aliphatic carbocycles. The molecule has 1 aromatic carbocycles. The van der Waals surface area contributed by atoms with Crippen LogP contribution in [0.15, 0.2) is 17.0 Å². The van der Waals surface area contributed by atoms with Crippen LogP contribution < -0.4 is 5.73 Å². The van der Waals surface area contributed by atoms with Crippen molar-refractivity contribution in [2.24, 2.45) is 11.8 Å². The van der Waals surface area contributed by atoms with Crippen LogP contribution in [0.1, 0.15) is 19.3 Å². The molecule has 0 aromatic heterocycles. The average molecular weight is 302 g/mol. The molecule has 2 unspecified atom stereocenters. The fourth-order valence-corrected chi connectivity index (χ4v) is 4.96. The Labute approximate surface area is 116 Å². The molecule has 1 aliphatic heterocycles. The molecule has 2 aliphatic rings. The van der Waals surface area contributed by atoms with E-state index < -0.39 is 26.6 Å². The molecular weight excluding hydrogens is 286 g/mol. The van der Waals surface area contributed by atoms with E-state index in [1.165, 1.54) is 4.31 Å².